The smallest absolute Gasteiger partial charge is 0.328 e. The molecule has 0 saturated heterocycles. The summed E-state index contributed by atoms with van der Waals surface area (Å²) in [5.74, 6) is -0.0182. The van der Waals surface area contributed by atoms with Gasteiger partial charge in [-0.3, -0.25) is 0 Å². The number of methoxy groups -OCH3 is 1. The lowest BCUT2D eigenvalue weighted by Gasteiger charge is -2.48. The van der Waals surface area contributed by atoms with Crippen molar-refractivity contribution in [3.05, 3.63) is 35.4 Å². The Bertz CT molecular complexity index is 614. The molecule has 3 heteroatoms. The van der Waals surface area contributed by atoms with Gasteiger partial charge < -0.3 is 9.64 Å². The van der Waals surface area contributed by atoms with E-state index in [-0.39, 0.29) is 23.5 Å². The van der Waals surface area contributed by atoms with Crippen LogP contribution < -0.4 is 4.90 Å². The van der Waals surface area contributed by atoms with Crippen LogP contribution in [0.4, 0.5) is 5.69 Å². The minimum absolute atomic E-state index is 0.159. The second kappa shape index (κ2) is 5.79. The topological polar surface area (TPSA) is 29.5 Å². The number of benzene rings is 1. The predicted molar refractivity (Wildman–Crippen MR) is 92.0 cm³/mol. The van der Waals surface area contributed by atoms with Gasteiger partial charge in [-0.1, -0.05) is 32.1 Å². The molecule has 1 aromatic rings. The number of allylic oxidation sites excluding steroid dienone is 1. The van der Waals surface area contributed by atoms with Crippen molar-refractivity contribution < 1.29 is 9.53 Å². The highest BCUT2D eigenvalue weighted by molar-refractivity contribution is 5.87. The number of rotatable bonds is 3. The monoisotopic (exact) mass is 301 g/mol. The van der Waals surface area contributed by atoms with E-state index in [0.717, 1.165) is 5.69 Å². The number of aryl methyl sites for hydroxylation is 1. The molecule has 0 spiro atoms. The number of hydrogen-bond acceptors (Lipinski definition) is 3. The fraction of sp³-hybridized carbons (Fsp3) is 0.526. The SMILES string of the molecule is COC(=O)[C@H](C(C)C)N1c2cc(C)ccc2C(C)=CC1(C)C. The predicted octanol–water partition coefficient (Wildman–Crippen LogP) is 4.19. The van der Waals surface area contributed by atoms with Crippen molar-refractivity contribution in [3.8, 4) is 0 Å². The number of hydrogen-bond donors (Lipinski definition) is 0. The van der Waals surface area contributed by atoms with Crippen LogP contribution in [0.3, 0.4) is 0 Å². The summed E-state index contributed by atoms with van der Waals surface area (Å²) in [6.45, 7) is 12.7. The summed E-state index contributed by atoms with van der Waals surface area (Å²) < 4.78 is 5.09. The third kappa shape index (κ3) is 2.77. The molecule has 1 aliphatic rings. The molecule has 0 radical (unpaired) electrons. The number of carbonyl (C=O) groups is 1. The van der Waals surface area contributed by atoms with Crippen LogP contribution in [0.1, 0.15) is 45.7 Å². The van der Waals surface area contributed by atoms with E-state index in [2.05, 4.69) is 70.7 Å². The van der Waals surface area contributed by atoms with E-state index in [1.807, 2.05) is 0 Å². The standard InChI is InChI=1S/C19H27NO2/c1-12(2)17(18(21)22-7)20-16-10-13(3)8-9-15(16)14(4)11-19(20,5)6/h8-12,17H,1-7H3/t17-/m0/s1. The fourth-order valence-electron chi connectivity index (χ4n) is 3.47. The number of carbonyl (C=O) groups excluding carboxylic acids is 1. The second-order valence-electron chi connectivity index (χ2n) is 7.08. The van der Waals surface area contributed by atoms with E-state index in [9.17, 15) is 4.79 Å². The number of anilines is 1. The van der Waals surface area contributed by atoms with Gasteiger partial charge in [-0.15, -0.1) is 0 Å². The van der Waals surface area contributed by atoms with Crippen LogP contribution in [-0.4, -0.2) is 24.7 Å². The molecule has 0 aromatic heterocycles. The van der Waals surface area contributed by atoms with Gasteiger partial charge in [-0.2, -0.15) is 0 Å². The lowest BCUT2D eigenvalue weighted by molar-refractivity contribution is -0.143. The highest BCUT2D eigenvalue weighted by Crippen LogP contribution is 2.41. The molecule has 0 unspecified atom stereocenters. The molecule has 0 bridgehead atoms. The molecule has 0 aliphatic carbocycles. The molecule has 1 aromatic carbocycles. The Kier molecular flexibility index (Phi) is 4.37. The van der Waals surface area contributed by atoms with Gasteiger partial charge in [0.15, 0.2) is 0 Å². The lowest BCUT2D eigenvalue weighted by Crippen LogP contribution is -2.56. The molecule has 1 heterocycles. The van der Waals surface area contributed by atoms with E-state index in [1.165, 1.54) is 23.8 Å². The Labute approximate surface area is 134 Å². The Hall–Kier alpha value is -1.77. The zero-order valence-corrected chi connectivity index (χ0v) is 14.7. The molecular formula is C19H27NO2. The average Bonchev–Trinajstić information content (AvgIpc) is 2.41. The second-order valence-corrected chi connectivity index (χ2v) is 7.08. The number of nitrogens with zero attached hydrogens (tertiary/aromatic N) is 1. The zero-order chi connectivity index (χ0) is 16.7. The van der Waals surface area contributed by atoms with Crippen molar-refractivity contribution in [2.75, 3.05) is 12.0 Å². The molecule has 0 amide bonds. The van der Waals surface area contributed by atoms with Gasteiger partial charge in [0.25, 0.3) is 0 Å². The van der Waals surface area contributed by atoms with Crippen LogP contribution in [0, 0.1) is 12.8 Å². The van der Waals surface area contributed by atoms with Crippen LogP contribution in [0.25, 0.3) is 5.57 Å². The highest BCUT2D eigenvalue weighted by Gasteiger charge is 2.41. The first-order chi connectivity index (χ1) is 10.2. The summed E-state index contributed by atoms with van der Waals surface area (Å²) >= 11 is 0. The molecule has 0 saturated carbocycles. The van der Waals surface area contributed by atoms with E-state index < -0.39 is 0 Å². The molecule has 1 atom stereocenters. The first kappa shape index (κ1) is 16.6. The molecule has 0 N–H and O–H groups in total. The summed E-state index contributed by atoms with van der Waals surface area (Å²) in [7, 11) is 1.47. The van der Waals surface area contributed by atoms with Gasteiger partial charge in [-0.25, -0.2) is 4.79 Å². The Morgan fingerprint density at radius 3 is 2.41 bits per heavy atom. The van der Waals surface area contributed by atoms with Crippen molar-refractivity contribution in [2.24, 2.45) is 5.92 Å². The summed E-state index contributed by atoms with van der Waals surface area (Å²) in [5, 5.41) is 0. The quantitative estimate of drug-likeness (QED) is 0.784. The maximum absolute atomic E-state index is 12.4. The number of esters is 1. The van der Waals surface area contributed by atoms with E-state index >= 15 is 0 Å². The van der Waals surface area contributed by atoms with Crippen molar-refractivity contribution in [2.45, 2.75) is 53.1 Å². The van der Waals surface area contributed by atoms with Gasteiger partial charge in [-0.05, 0) is 50.8 Å². The van der Waals surface area contributed by atoms with Crippen molar-refractivity contribution >= 4 is 17.2 Å². The summed E-state index contributed by atoms with van der Waals surface area (Å²) in [4.78, 5) is 14.7. The average molecular weight is 301 g/mol. The molecule has 0 fully saturated rings. The van der Waals surface area contributed by atoms with E-state index in [0.29, 0.717) is 0 Å². The fourth-order valence-corrected chi connectivity index (χ4v) is 3.47. The third-order valence-corrected chi connectivity index (χ3v) is 4.38. The van der Waals surface area contributed by atoms with Crippen LogP contribution in [0.15, 0.2) is 24.3 Å². The third-order valence-electron chi connectivity index (χ3n) is 4.38. The maximum Gasteiger partial charge on any atom is 0.328 e. The van der Waals surface area contributed by atoms with E-state index in [1.54, 1.807) is 0 Å². The normalized spacial score (nSPS) is 17.8. The Morgan fingerprint density at radius 2 is 1.86 bits per heavy atom. The van der Waals surface area contributed by atoms with Crippen LogP contribution >= 0.6 is 0 Å². The molecule has 1 aliphatic heterocycles. The van der Waals surface area contributed by atoms with E-state index in [4.69, 9.17) is 4.74 Å². The van der Waals surface area contributed by atoms with Gasteiger partial charge in [0.1, 0.15) is 6.04 Å². The largest absolute Gasteiger partial charge is 0.467 e. The first-order valence-corrected chi connectivity index (χ1v) is 7.86. The van der Waals surface area contributed by atoms with Crippen LogP contribution in [0.5, 0.6) is 0 Å². The molecule has 22 heavy (non-hydrogen) atoms. The Balaban J connectivity index is 2.67. The van der Waals surface area contributed by atoms with Crippen molar-refractivity contribution in [3.63, 3.8) is 0 Å². The summed E-state index contributed by atoms with van der Waals surface area (Å²) in [6, 6.07) is 6.14. The zero-order valence-electron chi connectivity index (χ0n) is 14.7. The highest BCUT2D eigenvalue weighted by atomic mass is 16.5. The van der Waals surface area contributed by atoms with Gasteiger partial charge in [0.05, 0.1) is 12.6 Å². The Morgan fingerprint density at radius 1 is 1.23 bits per heavy atom. The minimum Gasteiger partial charge on any atom is -0.467 e. The lowest BCUT2D eigenvalue weighted by atomic mass is 9.85. The first-order valence-electron chi connectivity index (χ1n) is 7.86. The molecule has 3 nitrogen and oxygen atoms in total. The number of ether oxygens (including phenoxy) is 1. The van der Waals surface area contributed by atoms with Gasteiger partial charge in [0.2, 0.25) is 0 Å². The minimum atomic E-state index is -0.301. The van der Waals surface area contributed by atoms with Gasteiger partial charge >= 0.3 is 5.97 Å². The van der Waals surface area contributed by atoms with Crippen LogP contribution in [-0.2, 0) is 9.53 Å². The number of fused-ring (bicyclic) bond motifs is 1. The molecular weight excluding hydrogens is 274 g/mol. The summed E-state index contributed by atoms with van der Waals surface area (Å²) in [5.41, 5.74) is 4.52. The van der Waals surface area contributed by atoms with Crippen molar-refractivity contribution in [1.29, 1.82) is 0 Å². The van der Waals surface area contributed by atoms with Gasteiger partial charge in [0, 0.05) is 11.3 Å². The molecule has 120 valence electrons. The van der Waals surface area contributed by atoms with Crippen molar-refractivity contribution in [1.82, 2.24) is 0 Å². The molecule has 2 rings (SSSR count). The van der Waals surface area contributed by atoms with Crippen LogP contribution in [0.2, 0.25) is 0 Å². The summed E-state index contributed by atoms with van der Waals surface area (Å²) in [6.07, 6.45) is 2.24. The maximum atomic E-state index is 12.4.